The third-order valence-corrected chi connectivity index (χ3v) is 7.14. The number of nitrogens with one attached hydrogen (secondary N) is 1. The maximum atomic E-state index is 13.8. The highest BCUT2D eigenvalue weighted by molar-refractivity contribution is 6.30. The van der Waals surface area contributed by atoms with Crippen LogP contribution in [0, 0.1) is 5.92 Å². The Kier molecular flexibility index (Phi) is 4.97. The molecule has 0 spiro atoms. The van der Waals surface area contributed by atoms with E-state index in [0.717, 1.165) is 38.6 Å². The zero-order valence-electron chi connectivity index (χ0n) is 16.5. The first-order chi connectivity index (χ1) is 14.3. The van der Waals surface area contributed by atoms with Crippen molar-refractivity contribution in [1.82, 2.24) is 19.6 Å². The molecule has 0 radical (unpaired) electrons. The molecule has 5 nitrogen and oxygen atoms in total. The Morgan fingerprint density at radius 3 is 2.63 bits per heavy atom. The number of hydrogen-bond acceptors (Lipinski definition) is 3. The van der Waals surface area contributed by atoms with E-state index >= 15 is 0 Å². The fourth-order valence-electron chi connectivity index (χ4n) is 4.72. The van der Waals surface area contributed by atoms with Gasteiger partial charge in [0.15, 0.2) is 5.65 Å². The van der Waals surface area contributed by atoms with Crippen molar-refractivity contribution in [1.29, 1.82) is 0 Å². The Morgan fingerprint density at radius 1 is 1.27 bits per heavy atom. The number of fused-ring (bicyclic) bond motifs is 1. The Bertz CT molecular complexity index is 981. The van der Waals surface area contributed by atoms with E-state index in [1.807, 2.05) is 0 Å². The lowest BCUT2D eigenvalue weighted by molar-refractivity contribution is -0.136. The normalized spacial score (nSPS) is 22.2. The average molecular weight is 441 g/mol. The first-order valence-electron chi connectivity index (χ1n) is 10.6. The number of halogens is 4. The SMILES string of the molecule is O=C1CN(C(Cc2nc3c(C(F)(F)F)cc(C4CC4)cn3c2Cl)C2CCC2)CCN1. The molecule has 1 saturated heterocycles. The lowest BCUT2D eigenvalue weighted by atomic mass is 9.77. The monoisotopic (exact) mass is 440 g/mol. The largest absolute Gasteiger partial charge is 0.419 e. The molecule has 1 aliphatic heterocycles. The molecule has 2 aromatic heterocycles. The molecule has 3 heterocycles. The Balaban J connectivity index is 1.53. The second kappa shape index (κ2) is 7.41. The minimum absolute atomic E-state index is 0.0138. The molecule has 1 amide bonds. The topological polar surface area (TPSA) is 49.6 Å². The van der Waals surface area contributed by atoms with Crippen LogP contribution in [0.5, 0.6) is 0 Å². The van der Waals surface area contributed by atoms with Crippen LogP contribution in [-0.2, 0) is 17.4 Å². The summed E-state index contributed by atoms with van der Waals surface area (Å²) in [6.07, 6.45) is 2.76. The molecule has 0 aromatic carbocycles. The summed E-state index contributed by atoms with van der Waals surface area (Å²) in [5.74, 6) is 0.577. The van der Waals surface area contributed by atoms with E-state index in [9.17, 15) is 18.0 Å². The van der Waals surface area contributed by atoms with Gasteiger partial charge in [0.2, 0.25) is 5.91 Å². The van der Waals surface area contributed by atoms with Crippen LogP contribution < -0.4 is 5.32 Å². The Hall–Kier alpha value is -1.80. The van der Waals surface area contributed by atoms with Gasteiger partial charge in [-0.3, -0.25) is 14.1 Å². The van der Waals surface area contributed by atoms with Gasteiger partial charge in [-0.25, -0.2) is 4.98 Å². The number of amides is 1. The molecule has 5 rings (SSSR count). The van der Waals surface area contributed by atoms with Crippen LogP contribution in [0.15, 0.2) is 12.3 Å². The van der Waals surface area contributed by atoms with E-state index in [1.165, 1.54) is 10.5 Å². The lowest BCUT2D eigenvalue weighted by Gasteiger charge is -2.42. The summed E-state index contributed by atoms with van der Waals surface area (Å²) in [5, 5.41) is 3.09. The molecule has 1 unspecified atom stereocenters. The molecule has 9 heteroatoms. The molecule has 1 N–H and O–H groups in total. The molecule has 3 aliphatic rings. The van der Waals surface area contributed by atoms with Crippen LogP contribution in [0.3, 0.4) is 0 Å². The van der Waals surface area contributed by atoms with Crippen LogP contribution in [0.2, 0.25) is 5.15 Å². The van der Waals surface area contributed by atoms with Crippen molar-refractivity contribution in [2.45, 2.75) is 56.7 Å². The average Bonchev–Trinajstić information content (AvgIpc) is 3.44. The highest BCUT2D eigenvalue weighted by Gasteiger charge is 2.39. The van der Waals surface area contributed by atoms with Crippen LogP contribution in [0.1, 0.15) is 54.8 Å². The summed E-state index contributed by atoms with van der Waals surface area (Å²) >= 11 is 6.59. The summed E-state index contributed by atoms with van der Waals surface area (Å²) in [6, 6.07) is 1.29. The first-order valence-corrected chi connectivity index (χ1v) is 11.0. The van der Waals surface area contributed by atoms with Gasteiger partial charge in [0.05, 0.1) is 17.8 Å². The number of carbonyl (C=O) groups is 1. The third-order valence-electron chi connectivity index (χ3n) is 6.74. The van der Waals surface area contributed by atoms with Crippen molar-refractivity contribution in [3.05, 3.63) is 34.2 Å². The first kappa shape index (κ1) is 20.1. The van der Waals surface area contributed by atoms with E-state index in [0.29, 0.717) is 36.7 Å². The Morgan fingerprint density at radius 2 is 2.03 bits per heavy atom. The number of imidazole rings is 1. The van der Waals surface area contributed by atoms with Gasteiger partial charge in [-0.2, -0.15) is 13.2 Å². The van der Waals surface area contributed by atoms with Crippen LogP contribution in [0.4, 0.5) is 13.2 Å². The van der Waals surface area contributed by atoms with Crippen molar-refractivity contribution in [3.63, 3.8) is 0 Å². The molecule has 2 aromatic rings. The summed E-state index contributed by atoms with van der Waals surface area (Å²) < 4.78 is 42.7. The molecule has 3 fully saturated rings. The number of aromatic nitrogens is 2. The van der Waals surface area contributed by atoms with E-state index in [1.54, 1.807) is 6.20 Å². The molecule has 30 heavy (non-hydrogen) atoms. The van der Waals surface area contributed by atoms with Gasteiger partial charge in [0.1, 0.15) is 5.15 Å². The van der Waals surface area contributed by atoms with E-state index in [2.05, 4.69) is 15.2 Å². The smallest absolute Gasteiger partial charge is 0.354 e. The van der Waals surface area contributed by atoms with E-state index in [4.69, 9.17) is 11.6 Å². The number of piperazine rings is 1. The molecule has 162 valence electrons. The molecule has 2 saturated carbocycles. The van der Waals surface area contributed by atoms with Gasteiger partial charge in [-0.05, 0) is 49.1 Å². The van der Waals surface area contributed by atoms with Gasteiger partial charge >= 0.3 is 6.18 Å². The summed E-state index contributed by atoms with van der Waals surface area (Å²) in [7, 11) is 0. The highest BCUT2D eigenvalue weighted by Crippen LogP contribution is 2.44. The molecular formula is C21H24ClF3N4O. The van der Waals surface area contributed by atoms with Gasteiger partial charge in [0, 0.05) is 31.7 Å². The minimum atomic E-state index is -4.49. The Labute approximate surface area is 177 Å². The number of pyridine rings is 1. The fourth-order valence-corrected chi connectivity index (χ4v) is 4.97. The summed E-state index contributed by atoms with van der Waals surface area (Å²) in [5.41, 5.74) is 0.301. The van der Waals surface area contributed by atoms with Crippen LogP contribution in [0.25, 0.3) is 5.65 Å². The highest BCUT2D eigenvalue weighted by atomic mass is 35.5. The van der Waals surface area contributed by atoms with Crippen molar-refractivity contribution < 1.29 is 18.0 Å². The van der Waals surface area contributed by atoms with Crippen molar-refractivity contribution in [2.24, 2.45) is 5.92 Å². The maximum Gasteiger partial charge on any atom is 0.419 e. The number of carbonyl (C=O) groups excluding carboxylic acids is 1. The number of alkyl halides is 3. The quantitative estimate of drug-likeness (QED) is 0.763. The maximum absolute atomic E-state index is 13.8. The predicted molar refractivity (Wildman–Crippen MR) is 107 cm³/mol. The lowest BCUT2D eigenvalue weighted by Crippen LogP contribution is -2.55. The van der Waals surface area contributed by atoms with Crippen molar-refractivity contribution >= 4 is 23.2 Å². The van der Waals surface area contributed by atoms with Crippen molar-refractivity contribution in [3.8, 4) is 0 Å². The van der Waals surface area contributed by atoms with Gasteiger partial charge < -0.3 is 5.32 Å². The second-order valence-electron chi connectivity index (χ2n) is 8.78. The number of nitrogens with zero attached hydrogens (tertiary/aromatic N) is 3. The number of rotatable bonds is 5. The summed E-state index contributed by atoms with van der Waals surface area (Å²) in [6.45, 7) is 1.63. The fraction of sp³-hybridized carbons (Fsp3) is 0.619. The van der Waals surface area contributed by atoms with Gasteiger partial charge in [0.25, 0.3) is 0 Å². The number of hydrogen-bond donors (Lipinski definition) is 1. The molecule has 1 atom stereocenters. The molecular weight excluding hydrogens is 417 g/mol. The van der Waals surface area contributed by atoms with Gasteiger partial charge in [-0.15, -0.1) is 0 Å². The third kappa shape index (κ3) is 3.68. The predicted octanol–water partition coefficient (Wildman–Crippen LogP) is 4.03. The van der Waals surface area contributed by atoms with E-state index in [-0.39, 0.29) is 28.7 Å². The van der Waals surface area contributed by atoms with Gasteiger partial charge in [-0.1, -0.05) is 18.0 Å². The summed E-state index contributed by atoms with van der Waals surface area (Å²) in [4.78, 5) is 18.4. The zero-order valence-corrected chi connectivity index (χ0v) is 17.3. The van der Waals surface area contributed by atoms with Crippen LogP contribution in [-0.4, -0.2) is 45.9 Å². The molecule has 0 bridgehead atoms. The van der Waals surface area contributed by atoms with Crippen LogP contribution >= 0.6 is 11.6 Å². The molecule has 2 aliphatic carbocycles. The van der Waals surface area contributed by atoms with Crippen molar-refractivity contribution in [2.75, 3.05) is 19.6 Å². The minimum Gasteiger partial charge on any atom is -0.354 e. The second-order valence-corrected chi connectivity index (χ2v) is 9.14. The van der Waals surface area contributed by atoms with E-state index < -0.39 is 11.7 Å². The zero-order chi connectivity index (χ0) is 21.0. The standard InChI is InChI=1S/C21H24ClF3N4O/c22-19-16(9-17(13-2-1-3-13)28-7-6-26-18(30)11-28)27-20-15(21(23,24)25)8-14(10-29(19)20)12-4-5-12/h8,10,12-13,17H,1-7,9,11H2,(H,26,30).